The van der Waals surface area contributed by atoms with Crippen molar-refractivity contribution in [1.82, 2.24) is 14.9 Å². The Hall–Kier alpha value is -1.82. The lowest BCUT2D eigenvalue weighted by Crippen LogP contribution is -2.10. The second-order valence-electron chi connectivity index (χ2n) is 3.92. The summed E-state index contributed by atoms with van der Waals surface area (Å²) >= 11 is 4.97. The van der Waals surface area contributed by atoms with Gasteiger partial charge in [-0.3, -0.25) is 0 Å². The maximum Gasteiger partial charge on any atom is 0.214 e. The molecule has 0 amide bonds. The van der Waals surface area contributed by atoms with Gasteiger partial charge in [-0.05, 0) is 38.2 Å². The van der Waals surface area contributed by atoms with Crippen LogP contribution < -0.4 is 10.6 Å². The molecule has 3 N–H and O–H groups in total. The van der Waals surface area contributed by atoms with Crippen LogP contribution in [0.2, 0.25) is 0 Å². The molecule has 17 heavy (non-hydrogen) atoms. The Bertz CT molecular complexity index is 573. The number of nitrogens with zero attached hydrogens (tertiary/aromatic N) is 2. The van der Waals surface area contributed by atoms with Crippen LogP contribution in [0.15, 0.2) is 24.3 Å². The maximum absolute atomic E-state index is 5.76. The predicted molar refractivity (Wildman–Crippen MR) is 68.8 cm³/mol. The third kappa shape index (κ3) is 2.47. The molecule has 1 aromatic carbocycles. The van der Waals surface area contributed by atoms with Gasteiger partial charge in [0.1, 0.15) is 5.75 Å². The van der Waals surface area contributed by atoms with Crippen LogP contribution in [0.5, 0.6) is 5.75 Å². The van der Waals surface area contributed by atoms with Crippen LogP contribution in [0.3, 0.4) is 0 Å². The number of ether oxygens (including phenoxy) is 1. The highest BCUT2D eigenvalue weighted by atomic mass is 32.1. The summed E-state index contributed by atoms with van der Waals surface area (Å²) in [6, 6.07) is 7.58. The highest BCUT2D eigenvalue weighted by molar-refractivity contribution is 7.71. The van der Waals surface area contributed by atoms with E-state index in [-0.39, 0.29) is 6.10 Å². The van der Waals surface area contributed by atoms with Gasteiger partial charge in [-0.2, -0.15) is 5.10 Å². The molecule has 0 radical (unpaired) electrons. The van der Waals surface area contributed by atoms with E-state index >= 15 is 0 Å². The second-order valence-corrected chi connectivity index (χ2v) is 4.30. The zero-order valence-corrected chi connectivity index (χ0v) is 10.5. The molecule has 0 aliphatic rings. The third-order valence-corrected chi connectivity index (χ3v) is 2.46. The number of nitrogens with one attached hydrogen (secondary N) is 1. The first kappa shape index (κ1) is 11.7. The van der Waals surface area contributed by atoms with Crippen LogP contribution in [0.25, 0.3) is 11.4 Å². The lowest BCUT2D eigenvalue weighted by molar-refractivity contribution is 0.242. The molecule has 1 heterocycles. The topological polar surface area (TPSA) is 68.9 Å². The number of aromatic nitrogens is 3. The Kier molecular flexibility index (Phi) is 3.14. The second kappa shape index (κ2) is 4.58. The molecule has 90 valence electrons. The average Bonchev–Trinajstić information content (AvgIpc) is 2.59. The van der Waals surface area contributed by atoms with Crippen molar-refractivity contribution in [3.05, 3.63) is 29.0 Å². The summed E-state index contributed by atoms with van der Waals surface area (Å²) in [6.45, 7) is 3.96. The average molecular weight is 250 g/mol. The number of hydrogen-bond acceptors (Lipinski definition) is 4. The third-order valence-electron chi connectivity index (χ3n) is 2.17. The lowest BCUT2D eigenvalue weighted by atomic mass is 10.2. The van der Waals surface area contributed by atoms with Gasteiger partial charge in [0.15, 0.2) is 5.82 Å². The van der Waals surface area contributed by atoms with Crippen molar-refractivity contribution in [2.75, 3.05) is 5.84 Å². The summed E-state index contributed by atoms with van der Waals surface area (Å²) < 4.78 is 7.33. The molecule has 0 saturated carbocycles. The number of benzene rings is 1. The Morgan fingerprint density at radius 2 is 2.24 bits per heavy atom. The summed E-state index contributed by atoms with van der Waals surface area (Å²) in [7, 11) is 0. The van der Waals surface area contributed by atoms with Crippen LogP contribution in [0, 0.1) is 4.77 Å². The summed E-state index contributed by atoms with van der Waals surface area (Å²) in [4.78, 5) is 0. The van der Waals surface area contributed by atoms with Gasteiger partial charge < -0.3 is 10.6 Å². The van der Waals surface area contributed by atoms with E-state index in [9.17, 15) is 0 Å². The first-order valence-electron chi connectivity index (χ1n) is 5.27. The van der Waals surface area contributed by atoms with Gasteiger partial charge in [-0.25, -0.2) is 9.77 Å². The SMILES string of the molecule is CC(C)Oc1cccc(-c2n[nH]c(=S)n2N)c1. The van der Waals surface area contributed by atoms with Gasteiger partial charge in [0, 0.05) is 5.56 Å². The molecule has 1 aromatic heterocycles. The fourth-order valence-corrected chi connectivity index (χ4v) is 1.62. The van der Waals surface area contributed by atoms with Crippen molar-refractivity contribution in [2.45, 2.75) is 20.0 Å². The lowest BCUT2D eigenvalue weighted by Gasteiger charge is -2.10. The molecule has 2 rings (SSSR count). The molecule has 0 saturated heterocycles. The molecule has 6 heteroatoms. The first-order valence-corrected chi connectivity index (χ1v) is 5.68. The van der Waals surface area contributed by atoms with Crippen LogP contribution in [0.4, 0.5) is 0 Å². The molecule has 2 aromatic rings. The van der Waals surface area contributed by atoms with E-state index in [1.807, 2.05) is 38.1 Å². The predicted octanol–water partition coefficient (Wildman–Crippen LogP) is 2.11. The van der Waals surface area contributed by atoms with Crippen LogP contribution in [-0.4, -0.2) is 21.0 Å². The van der Waals surface area contributed by atoms with Crippen molar-refractivity contribution in [3.63, 3.8) is 0 Å². The van der Waals surface area contributed by atoms with Crippen molar-refractivity contribution in [2.24, 2.45) is 0 Å². The van der Waals surface area contributed by atoms with Crippen molar-refractivity contribution < 1.29 is 4.74 Å². The largest absolute Gasteiger partial charge is 0.491 e. The molecule has 0 atom stereocenters. The van der Waals surface area contributed by atoms with Crippen LogP contribution in [0.1, 0.15) is 13.8 Å². The zero-order chi connectivity index (χ0) is 12.4. The smallest absolute Gasteiger partial charge is 0.214 e. The van der Waals surface area contributed by atoms with E-state index in [0.717, 1.165) is 11.3 Å². The van der Waals surface area contributed by atoms with E-state index in [2.05, 4.69) is 10.2 Å². The number of aromatic amines is 1. The van der Waals surface area contributed by atoms with Crippen LogP contribution >= 0.6 is 12.2 Å². The van der Waals surface area contributed by atoms with E-state index in [1.54, 1.807) is 0 Å². The first-order chi connectivity index (χ1) is 8.08. The molecule has 0 spiro atoms. The Morgan fingerprint density at radius 1 is 1.47 bits per heavy atom. The fraction of sp³-hybridized carbons (Fsp3) is 0.273. The van der Waals surface area contributed by atoms with E-state index in [1.165, 1.54) is 4.68 Å². The van der Waals surface area contributed by atoms with Crippen LogP contribution in [-0.2, 0) is 0 Å². The molecule has 0 aliphatic heterocycles. The Morgan fingerprint density at radius 3 is 2.82 bits per heavy atom. The summed E-state index contributed by atoms with van der Waals surface area (Å²) in [6.07, 6.45) is 0.129. The zero-order valence-electron chi connectivity index (χ0n) is 9.68. The minimum Gasteiger partial charge on any atom is -0.491 e. The van der Waals surface area contributed by atoms with Gasteiger partial charge >= 0.3 is 0 Å². The number of H-pyrrole nitrogens is 1. The maximum atomic E-state index is 5.76. The van der Waals surface area contributed by atoms with Gasteiger partial charge in [-0.15, -0.1) is 0 Å². The number of hydrogen-bond donors (Lipinski definition) is 2. The van der Waals surface area contributed by atoms with Gasteiger partial charge in [0.05, 0.1) is 6.10 Å². The normalized spacial score (nSPS) is 10.8. The molecule has 5 nitrogen and oxygen atoms in total. The van der Waals surface area contributed by atoms with Crippen molar-refractivity contribution in [3.8, 4) is 17.1 Å². The van der Waals surface area contributed by atoms with Gasteiger partial charge in [0.25, 0.3) is 0 Å². The van der Waals surface area contributed by atoms with E-state index in [0.29, 0.717) is 10.6 Å². The number of rotatable bonds is 3. The van der Waals surface area contributed by atoms with Crippen molar-refractivity contribution in [1.29, 1.82) is 0 Å². The van der Waals surface area contributed by atoms with E-state index < -0.39 is 0 Å². The summed E-state index contributed by atoms with van der Waals surface area (Å²) in [5.41, 5.74) is 0.859. The van der Waals surface area contributed by atoms with Crippen molar-refractivity contribution >= 4 is 12.2 Å². The molecule has 0 fully saturated rings. The highest BCUT2D eigenvalue weighted by Gasteiger charge is 2.07. The minimum absolute atomic E-state index is 0.129. The number of nitrogens with two attached hydrogens (primary N) is 1. The summed E-state index contributed by atoms with van der Waals surface area (Å²) in [5, 5.41) is 6.72. The Balaban J connectivity index is 2.39. The molecule has 0 bridgehead atoms. The van der Waals surface area contributed by atoms with Gasteiger partial charge in [0.2, 0.25) is 4.77 Å². The molecular weight excluding hydrogens is 236 g/mol. The minimum atomic E-state index is 0.129. The highest BCUT2D eigenvalue weighted by Crippen LogP contribution is 2.22. The molecule has 0 aliphatic carbocycles. The molecular formula is C11H14N4OS. The molecule has 0 unspecified atom stereocenters. The monoisotopic (exact) mass is 250 g/mol. The Labute approximate surface area is 104 Å². The fourth-order valence-electron chi connectivity index (χ4n) is 1.49. The standard InChI is InChI=1S/C11H14N4OS/c1-7(2)16-9-5-3-4-8(6-9)10-13-14-11(17)15(10)12/h3-7H,12H2,1-2H3,(H,14,17). The summed E-state index contributed by atoms with van der Waals surface area (Å²) in [5.74, 6) is 7.13. The van der Waals surface area contributed by atoms with E-state index in [4.69, 9.17) is 22.8 Å². The number of nitrogen functional groups attached to an aromatic ring is 1. The quantitative estimate of drug-likeness (QED) is 0.646. The van der Waals surface area contributed by atoms with Gasteiger partial charge in [-0.1, -0.05) is 12.1 Å².